The first-order chi connectivity index (χ1) is 8.24. The van der Waals surface area contributed by atoms with Crippen molar-refractivity contribution in [2.24, 2.45) is 0 Å². The number of benzene rings is 1. The molecule has 2 aromatic rings. The van der Waals surface area contributed by atoms with Gasteiger partial charge in [-0.05, 0) is 25.0 Å². The number of hydrogen-bond donors (Lipinski definition) is 1. The normalized spacial score (nSPS) is 14.9. The number of rotatable bonds is 2. The summed E-state index contributed by atoms with van der Waals surface area (Å²) in [7, 11) is 0. The van der Waals surface area contributed by atoms with Crippen LogP contribution < -0.4 is 5.73 Å². The van der Waals surface area contributed by atoms with E-state index in [2.05, 4.69) is 9.97 Å². The lowest BCUT2D eigenvalue weighted by Gasteiger charge is -2.06. The van der Waals surface area contributed by atoms with Gasteiger partial charge in [-0.15, -0.1) is 0 Å². The van der Waals surface area contributed by atoms with E-state index in [0.717, 1.165) is 17.1 Å². The van der Waals surface area contributed by atoms with Crippen molar-refractivity contribution in [1.29, 1.82) is 0 Å². The average molecular weight is 246 g/mol. The molecule has 1 fully saturated rings. The second kappa shape index (κ2) is 4.00. The Morgan fingerprint density at radius 1 is 1.18 bits per heavy atom. The Balaban J connectivity index is 2.05. The Morgan fingerprint density at radius 3 is 2.53 bits per heavy atom. The fourth-order valence-electron chi connectivity index (χ4n) is 1.78. The summed E-state index contributed by atoms with van der Waals surface area (Å²) in [6, 6.07) is 7.54. The summed E-state index contributed by atoms with van der Waals surface area (Å²) < 4.78 is 0. The summed E-state index contributed by atoms with van der Waals surface area (Å²) in [5, 5.41) is 0.712. The molecule has 2 N–H and O–H groups in total. The van der Waals surface area contributed by atoms with Crippen LogP contribution in [0.2, 0.25) is 5.02 Å². The van der Waals surface area contributed by atoms with Crippen LogP contribution in [-0.4, -0.2) is 9.97 Å². The molecule has 3 nitrogen and oxygen atoms in total. The molecule has 0 amide bonds. The molecule has 3 rings (SSSR count). The molecule has 17 heavy (non-hydrogen) atoms. The van der Waals surface area contributed by atoms with Gasteiger partial charge in [0.25, 0.3) is 0 Å². The van der Waals surface area contributed by atoms with Crippen molar-refractivity contribution < 1.29 is 0 Å². The second-order valence-corrected chi connectivity index (χ2v) is 4.75. The maximum absolute atomic E-state index is 5.92. The first kappa shape index (κ1) is 10.5. The Morgan fingerprint density at radius 2 is 1.88 bits per heavy atom. The molecule has 0 atom stereocenters. The lowest BCUT2D eigenvalue weighted by Crippen LogP contribution is -1.99. The van der Waals surface area contributed by atoms with Gasteiger partial charge in [0.15, 0.2) is 0 Å². The van der Waals surface area contributed by atoms with Crippen molar-refractivity contribution >= 4 is 17.3 Å². The average Bonchev–Trinajstić information content (AvgIpc) is 3.15. The lowest BCUT2D eigenvalue weighted by molar-refractivity contribution is 0.933. The molecule has 0 radical (unpaired) electrons. The topological polar surface area (TPSA) is 51.8 Å². The van der Waals surface area contributed by atoms with Gasteiger partial charge >= 0.3 is 0 Å². The maximum Gasteiger partial charge on any atom is 0.132 e. The van der Waals surface area contributed by atoms with Crippen molar-refractivity contribution in [1.82, 2.24) is 9.97 Å². The maximum atomic E-state index is 5.92. The van der Waals surface area contributed by atoms with Crippen LogP contribution in [-0.2, 0) is 0 Å². The van der Waals surface area contributed by atoms with E-state index in [0.29, 0.717) is 16.6 Å². The van der Waals surface area contributed by atoms with Crippen LogP contribution in [0, 0.1) is 0 Å². The summed E-state index contributed by atoms with van der Waals surface area (Å²) in [6.45, 7) is 0. The molecule has 0 aliphatic heterocycles. The van der Waals surface area contributed by atoms with E-state index < -0.39 is 0 Å². The fourth-order valence-corrected chi connectivity index (χ4v) is 1.91. The van der Waals surface area contributed by atoms with Crippen LogP contribution in [0.3, 0.4) is 0 Å². The monoisotopic (exact) mass is 245 g/mol. The third-order valence-corrected chi connectivity index (χ3v) is 3.15. The highest BCUT2D eigenvalue weighted by Gasteiger charge is 2.27. The van der Waals surface area contributed by atoms with Crippen LogP contribution in [0.5, 0.6) is 0 Å². The molecule has 0 bridgehead atoms. The minimum Gasteiger partial charge on any atom is -0.396 e. The van der Waals surface area contributed by atoms with Crippen molar-refractivity contribution in [2.75, 3.05) is 5.73 Å². The molecule has 1 aromatic carbocycles. The highest BCUT2D eigenvalue weighted by Crippen LogP contribution is 2.39. The summed E-state index contributed by atoms with van der Waals surface area (Å²) >= 11 is 5.87. The second-order valence-electron chi connectivity index (χ2n) is 4.31. The van der Waals surface area contributed by atoms with E-state index in [1.54, 1.807) is 6.20 Å². The SMILES string of the molecule is Nc1cnc(C2CC2)nc1-c1ccc(Cl)cc1. The predicted octanol–water partition coefficient (Wildman–Crippen LogP) is 3.26. The highest BCUT2D eigenvalue weighted by atomic mass is 35.5. The van der Waals surface area contributed by atoms with E-state index in [9.17, 15) is 0 Å². The molecule has 1 saturated carbocycles. The van der Waals surface area contributed by atoms with E-state index in [1.807, 2.05) is 24.3 Å². The van der Waals surface area contributed by atoms with Crippen molar-refractivity contribution in [3.63, 3.8) is 0 Å². The zero-order valence-electron chi connectivity index (χ0n) is 9.23. The van der Waals surface area contributed by atoms with Gasteiger partial charge in [-0.25, -0.2) is 9.97 Å². The van der Waals surface area contributed by atoms with Crippen LogP contribution in [0.4, 0.5) is 5.69 Å². The fraction of sp³-hybridized carbons (Fsp3) is 0.231. The standard InChI is InChI=1S/C13H12ClN3/c14-10-5-3-8(4-6-10)12-11(15)7-16-13(17-12)9-1-2-9/h3-7,9H,1-2,15H2. The molecule has 1 aliphatic rings. The Bertz CT molecular complexity index is 547. The molecule has 86 valence electrons. The largest absolute Gasteiger partial charge is 0.396 e. The number of halogens is 1. The summed E-state index contributed by atoms with van der Waals surface area (Å²) in [5.74, 6) is 1.44. The van der Waals surface area contributed by atoms with Crippen molar-refractivity contribution in [3.8, 4) is 11.3 Å². The van der Waals surface area contributed by atoms with Gasteiger partial charge in [-0.1, -0.05) is 23.7 Å². The van der Waals surface area contributed by atoms with Gasteiger partial charge in [0.1, 0.15) is 5.82 Å². The van der Waals surface area contributed by atoms with Gasteiger partial charge in [0.05, 0.1) is 17.6 Å². The van der Waals surface area contributed by atoms with Crippen molar-refractivity contribution in [2.45, 2.75) is 18.8 Å². The number of nitrogens with two attached hydrogens (primary N) is 1. The highest BCUT2D eigenvalue weighted by molar-refractivity contribution is 6.30. The van der Waals surface area contributed by atoms with Gasteiger partial charge < -0.3 is 5.73 Å². The molecule has 4 heteroatoms. The van der Waals surface area contributed by atoms with Crippen molar-refractivity contribution in [3.05, 3.63) is 41.3 Å². The molecule has 0 saturated heterocycles. The molecule has 1 aromatic heterocycles. The van der Waals surface area contributed by atoms with Crippen LogP contribution in [0.1, 0.15) is 24.6 Å². The quantitative estimate of drug-likeness (QED) is 0.884. The first-order valence-electron chi connectivity index (χ1n) is 5.62. The zero-order valence-corrected chi connectivity index (χ0v) is 9.98. The van der Waals surface area contributed by atoms with Crippen LogP contribution in [0.25, 0.3) is 11.3 Å². The first-order valence-corrected chi connectivity index (χ1v) is 6.00. The number of hydrogen-bond acceptors (Lipinski definition) is 3. The van der Waals surface area contributed by atoms with Gasteiger partial charge in [0, 0.05) is 16.5 Å². The van der Waals surface area contributed by atoms with Gasteiger partial charge in [-0.3, -0.25) is 0 Å². The minimum atomic E-state index is 0.529. The Kier molecular flexibility index (Phi) is 2.48. The third-order valence-electron chi connectivity index (χ3n) is 2.90. The molecule has 1 aliphatic carbocycles. The predicted molar refractivity (Wildman–Crippen MR) is 68.9 cm³/mol. The molecular formula is C13H12ClN3. The number of aromatic nitrogens is 2. The van der Waals surface area contributed by atoms with E-state index in [-0.39, 0.29) is 0 Å². The zero-order chi connectivity index (χ0) is 11.8. The Labute approximate surface area is 105 Å². The van der Waals surface area contributed by atoms with E-state index in [4.69, 9.17) is 17.3 Å². The number of nitrogen functional groups attached to an aromatic ring is 1. The summed E-state index contributed by atoms with van der Waals surface area (Å²) in [5.41, 5.74) is 8.32. The van der Waals surface area contributed by atoms with E-state index in [1.165, 1.54) is 12.8 Å². The van der Waals surface area contributed by atoms with Crippen LogP contribution >= 0.6 is 11.6 Å². The Hall–Kier alpha value is -1.61. The van der Waals surface area contributed by atoms with E-state index >= 15 is 0 Å². The van der Waals surface area contributed by atoms with Gasteiger partial charge in [0.2, 0.25) is 0 Å². The van der Waals surface area contributed by atoms with Crippen LogP contribution in [0.15, 0.2) is 30.5 Å². The summed E-state index contributed by atoms with van der Waals surface area (Å²) in [4.78, 5) is 8.84. The molecule has 0 spiro atoms. The molecule has 0 unspecified atom stereocenters. The number of anilines is 1. The lowest BCUT2D eigenvalue weighted by atomic mass is 10.1. The molecule has 1 heterocycles. The molecular weight excluding hydrogens is 234 g/mol. The minimum absolute atomic E-state index is 0.529. The number of nitrogens with zero attached hydrogens (tertiary/aromatic N) is 2. The third kappa shape index (κ3) is 2.11. The van der Waals surface area contributed by atoms with Gasteiger partial charge in [-0.2, -0.15) is 0 Å². The smallest absolute Gasteiger partial charge is 0.132 e. The summed E-state index contributed by atoms with van der Waals surface area (Å²) in [6.07, 6.45) is 4.07.